The van der Waals surface area contributed by atoms with E-state index in [0.717, 1.165) is 55.6 Å². The summed E-state index contributed by atoms with van der Waals surface area (Å²) in [6.07, 6.45) is 6.03. The zero-order valence-corrected chi connectivity index (χ0v) is 14.1. The molecule has 3 aromatic rings. The molecule has 7 heteroatoms. The average molecular weight is 326 g/mol. The van der Waals surface area contributed by atoms with Crippen LogP contribution >= 0.6 is 0 Å². The molecule has 3 aromatic heterocycles. The van der Waals surface area contributed by atoms with E-state index >= 15 is 0 Å². The summed E-state index contributed by atoms with van der Waals surface area (Å²) < 4.78 is 9.86. The van der Waals surface area contributed by atoms with Crippen LogP contribution in [-0.4, -0.2) is 54.8 Å². The van der Waals surface area contributed by atoms with E-state index in [0.29, 0.717) is 0 Å². The first-order chi connectivity index (χ1) is 11.7. The van der Waals surface area contributed by atoms with E-state index in [1.165, 1.54) is 0 Å². The first-order valence-electron chi connectivity index (χ1n) is 8.31. The van der Waals surface area contributed by atoms with Gasteiger partial charge in [-0.05, 0) is 26.0 Å². The van der Waals surface area contributed by atoms with Crippen molar-refractivity contribution in [3.63, 3.8) is 0 Å². The lowest BCUT2D eigenvalue weighted by Crippen LogP contribution is -2.43. The molecule has 24 heavy (non-hydrogen) atoms. The fourth-order valence-electron chi connectivity index (χ4n) is 3.28. The summed E-state index contributed by atoms with van der Waals surface area (Å²) in [6.45, 7) is 8.25. The van der Waals surface area contributed by atoms with E-state index < -0.39 is 0 Å². The largest absolute Gasteiger partial charge is 0.374 e. The number of imidazole rings is 1. The maximum atomic E-state index is 5.87. The van der Waals surface area contributed by atoms with E-state index in [2.05, 4.69) is 43.6 Å². The first kappa shape index (κ1) is 15.3. The van der Waals surface area contributed by atoms with Crippen molar-refractivity contribution in [3.8, 4) is 0 Å². The van der Waals surface area contributed by atoms with Gasteiger partial charge < -0.3 is 4.74 Å². The van der Waals surface area contributed by atoms with Crippen molar-refractivity contribution in [3.05, 3.63) is 47.8 Å². The quantitative estimate of drug-likeness (QED) is 0.726. The van der Waals surface area contributed by atoms with Gasteiger partial charge in [0.05, 0.1) is 24.9 Å². The minimum absolute atomic E-state index is 0.165. The molecule has 1 fully saturated rings. The lowest BCUT2D eigenvalue weighted by Gasteiger charge is -2.32. The molecule has 0 N–H and O–H groups in total. The molecule has 0 aliphatic carbocycles. The summed E-state index contributed by atoms with van der Waals surface area (Å²) >= 11 is 0. The summed E-state index contributed by atoms with van der Waals surface area (Å²) in [6, 6.07) is 4.02. The molecule has 0 saturated carbocycles. The van der Waals surface area contributed by atoms with Crippen molar-refractivity contribution >= 4 is 5.78 Å². The van der Waals surface area contributed by atoms with Gasteiger partial charge >= 0.3 is 0 Å². The van der Waals surface area contributed by atoms with Gasteiger partial charge in [0.15, 0.2) is 0 Å². The van der Waals surface area contributed by atoms with Gasteiger partial charge in [-0.1, -0.05) is 0 Å². The fourth-order valence-corrected chi connectivity index (χ4v) is 3.28. The summed E-state index contributed by atoms with van der Waals surface area (Å²) in [7, 11) is 0. The Hall–Kier alpha value is -2.25. The van der Waals surface area contributed by atoms with Crippen LogP contribution in [0.2, 0.25) is 0 Å². The number of fused-ring (bicyclic) bond motifs is 1. The van der Waals surface area contributed by atoms with Gasteiger partial charge in [-0.15, -0.1) is 0 Å². The maximum absolute atomic E-state index is 5.87. The van der Waals surface area contributed by atoms with Gasteiger partial charge in [0.1, 0.15) is 0 Å². The van der Waals surface area contributed by atoms with Crippen LogP contribution in [0.4, 0.5) is 0 Å². The molecular formula is C17H22N6O. The van der Waals surface area contributed by atoms with Crippen LogP contribution in [0.15, 0.2) is 30.7 Å². The van der Waals surface area contributed by atoms with E-state index in [1.807, 2.05) is 23.9 Å². The van der Waals surface area contributed by atoms with Gasteiger partial charge in [0.25, 0.3) is 0 Å². The van der Waals surface area contributed by atoms with Gasteiger partial charge in [-0.2, -0.15) is 5.10 Å². The van der Waals surface area contributed by atoms with Crippen LogP contribution in [0.3, 0.4) is 0 Å². The molecule has 7 nitrogen and oxygen atoms in total. The molecule has 0 bridgehead atoms. The molecule has 1 aliphatic rings. The number of hydrogen-bond donors (Lipinski definition) is 0. The zero-order valence-electron chi connectivity index (χ0n) is 14.1. The Morgan fingerprint density at radius 2 is 2.21 bits per heavy atom. The second-order valence-corrected chi connectivity index (χ2v) is 6.40. The zero-order chi connectivity index (χ0) is 16.5. The number of aryl methyl sites for hydroxylation is 2. The normalized spacial score (nSPS) is 19.2. The molecule has 0 unspecified atom stereocenters. The minimum atomic E-state index is 0.165. The van der Waals surface area contributed by atoms with E-state index in [1.54, 1.807) is 6.20 Å². The third-order valence-corrected chi connectivity index (χ3v) is 4.37. The Morgan fingerprint density at radius 1 is 1.29 bits per heavy atom. The topological polar surface area (TPSA) is 60.5 Å². The fraction of sp³-hybridized carbons (Fsp3) is 0.471. The van der Waals surface area contributed by atoms with Gasteiger partial charge in [0, 0.05) is 49.6 Å². The standard InChI is InChI=1S/C17H22N6O/c1-13-8-14(2)23-10-15(20-17(23)19-13)9-21-6-7-24-16(11-21)12-22-5-3-4-18-22/h3-5,8,10,16H,6-7,9,11-12H2,1-2H3/t16-/m1/s1. The van der Waals surface area contributed by atoms with Crippen LogP contribution < -0.4 is 0 Å². The van der Waals surface area contributed by atoms with Crippen LogP contribution in [0, 0.1) is 13.8 Å². The van der Waals surface area contributed by atoms with Crippen molar-refractivity contribution in [2.24, 2.45) is 0 Å². The molecule has 1 atom stereocenters. The SMILES string of the molecule is Cc1cc(C)n2cc(CN3CCO[C@@H](Cn4cccn4)C3)nc2n1. The minimum Gasteiger partial charge on any atom is -0.374 e. The molecule has 4 rings (SSSR count). The lowest BCUT2D eigenvalue weighted by atomic mass is 10.2. The van der Waals surface area contributed by atoms with Crippen LogP contribution in [0.5, 0.6) is 0 Å². The second kappa shape index (κ2) is 6.33. The number of morpholine rings is 1. The monoisotopic (exact) mass is 326 g/mol. The van der Waals surface area contributed by atoms with Crippen molar-refractivity contribution in [2.75, 3.05) is 19.7 Å². The van der Waals surface area contributed by atoms with Gasteiger partial charge in [0.2, 0.25) is 5.78 Å². The summed E-state index contributed by atoms with van der Waals surface area (Å²) in [5.74, 6) is 0.781. The third-order valence-electron chi connectivity index (χ3n) is 4.37. The molecule has 0 aromatic carbocycles. The molecule has 0 amide bonds. The Kier molecular flexibility index (Phi) is 4.03. The summed E-state index contributed by atoms with van der Waals surface area (Å²) in [5.41, 5.74) is 3.22. The van der Waals surface area contributed by atoms with E-state index in [4.69, 9.17) is 4.74 Å². The smallest absolute Gasteiger partial charge is 0.234 e. The van der Waals surface area contributed by atoms with Crippen molar-refractivity contribution in [1.29, 1.82) is 0 Å². The van der Waals surface area contributed by atoms with Crippen molar-refractivity contribution in [1.82, 2.24) is 29.0 Å². The number of rotatable bonds is 4. The maximum Gasteiger partial charge on any atom is 0.234 e. The lowest BCUT2D eigenvalue weighted by molar-refractivity contribution is -0.0405. The highest BCUT2D eigenvalue weighted by Gasteiger charge is 2.22. The molecule has 126 valence electrons. The van der Waals surface area contributed by atoms with E-state index in [-0.39, 0.29) is 6.10 Å². The second-order valence-electron chi connectivity index (χ2n) is 6.40. The molecule has 1 aliphatic heterocycles. The Morgan fingerprint density at radius 3 is 3.04 bits per heavy atom. The van der Waals surface area contributed by atoms with Gasteiger partial charge in [-0.3, -0.25) is 14.0 Å². The van der Waals surface area contributed by atoms with Crippen molar-refractivity contribution in [2.45, 2.75) is 33.0 Å². The highest BCUT2D eigenvalue weighted by atomic mass is 16.5. The number of hydrogen-bond acceptors (Lipinski definition) is 5. The summed E-state index contributed by atoms with van der Waals surface area (Å²) in [5, 5.41) is 4.26. The highest BCUT2D eigenvalue weighted by Crippen LogP contribution is 2.13. The molecule has 4 heterocycles. The van der Waals surface area contributed by atoms with Crippen LogP contribution in [-0.2, 0) is 17.8 Å². The molecular weight excluding hydrogens is 304 g/mol. The molecule has 0 radical (unpaired) electrons. The average Bonchev–Trinajstić information content (AvgIpc) is 3.17. The van der Waals surface area contributed by atoms with Crippen molar-refractivity contribution < 1.29 is 4.74 Å². The first-order valence-corrected chi connectivity index (χ1v) is 8.31. The third kappa shape index (κ3) is 3.18. The summed E-state index contributed by atoms with van der Waals surface area (Å²) in [4.78, 5) is 11.6. The van der Waals surface area contributed by atoms with Gasteiger partial charge in [-0.25, -0.2) is 9.97 Å². The number of aromatic nitrogens is 5. The Bertz CT molecular complexity index is 825. The van der Waals surface area contributed by atoms with Crippen LogP contribution in [0.1, 0.15) is 17.1 Å². The predicted molar refractivity (Wildman–Crippen MR) is 89.7 cm³/mol. The Balaban J connectivity index is 1.45. The Labute approximate surface area is 140 Å². The van der Waals surface area contributed by atoms with Crippen LogP contribution in [0.25, 0.3) is 5.78 Å². The molecule has 0 spiro atoms. The van der Waals surface area contributed by atoms with E-state index in [9.17, 15) is 0 Å². The molecule has 1 saturated heterocycles. The predicted octanol–water partition coefficient (Wildman–Crippen LogP) is 1.44. The highest BCUT2D eigenvalue weighted by molar-refractivity contribution is 5.34. The number of nitrogens with zero attached hydrogens (tertiary/aromatic N) is 6. The number of ether oxygens (including phenoxy) is 1.